The van der Waals surface area contributed by atoms with Crippen LogP contribution in [-0.2, 0) is 6.42 Å². The fraction of sp³-hybridized carbons (Fsp3) is 0.182. The molecule has 0 bridgehead atoms. The van der Waals surface area contributed by atoms with Crippen molar-refractivity contribution in [3.63, 3.8) is 0 Å². The lowest BCUT2D eigenvalue weighted by Crippen LogP contribution is -2.14. The number of hydrogen-bond acceptors (Lipinski definition) is 3. The number of anilines is 1. The van der Waals surface area contributed by atoms with Gasteiger partial charge in [-0.3, -0.25) is 0 Å². The summed E-state index contributed by atoms with van der Waals surface area (Å²) >= 11 is 3.42. The van der Waals surface area contributed by atoms with Crippen LogP contribution in [0.25, 0.3) is 11.3 Å². The topological polar surface area (TPSA) is 69.9 Å². The monoisotopic (exact) mass is 280 g/mol. The molecule has 16 heavy (non-hydrogen) atoms. The summed E-state index contributed by atoms with van der Waals surface area (Å²) in [5.41, 5.74) is 7.62. The number of nitrogens with two attached hydrogens (primary N) is 2. The number of rotatable bonds is 2. The number of hydrogen-bond donors (Lipinski definition) is 2. The highest BCUT2D eigenvalue weighted by Gasteiger charge is 2.13. The van der Waals surface area contributed by atoms with Gasteiger partial charge >= 0.3 is 0 Å². The fourth-order valence-corrected chi connectivity index (χ4v) is 1.99. The van der Waals surface area contributed by atoms with Crippen molar-refractivity contribution in [3.8, 4) is 11.3 Å². The third-order valence-corrected chi connectivity index (χ3v) is 2.93. The van der Waals surface area contributed by atoms with Crippen molar-refractivity contribution in [2.75, 3.05) is 11.6 Å². The van der Waals surface area contributed by atoms with Crippen molar-refractivity contribution in [1.82, 2.24) is 9.66 Å². The summed E-state index contributed by atoms with van der Waals surface area (Å²) in [6, 6.07) is 7.83. The Bertz CT molecular complexity index is 519. The van der Waals surface area contributed by atoms with E-state index in [-0.39, 0.29) is 0 Å². The third kappa shape index (κ3) is 1.78. The first-order valence-electron chi connectivity index (χ1n) is 5.01. The largest absolute Gasteiger partial charge is 0.382 e. The van der Waals surface area contributed by atoms with E-state index < -0.39 is 0 Å². The number of benzene rings is 1. The predicted octanol–water partition coefficient (Wildman–Crippen LogP) is 2.17. The standard InChI is InChI=1S/C11H13BrN4/c1-2-9-15-10(11(13)16(9)14)7-4-3-5-8(12)6-7/h3-6H,2,13-14H2,1H3. The van der Waals surface area contributed by atoms with Gasteiger partial charge in [0.25, 0.3) is 0 Å². The highest BCUT2D eigenvalue weighted by molar-refractivity contribution is 9.10. The lowest BCUT2D eigenvalue weighted by molar-refractivity contribution is 0.865. The normalized spacial score (nSPS) is 10.6. The minimum Gasteiger partial charge on any atom is -0.382 e. The summed E-state index contributed by atoms with van der Waals surface area (Å²) in [7, 11) is 0. The summed E-state index contributed by atoms with van der Waals surface area (Å²) in [5, 5.41) is 0. The van der Waals surface area contributed by atoms with Crippen LogP contribution in [0.2, 0.25) is 0 Å². The molecule has 0 fully saturated rings. The van der Waals surface area contributed by atoms with Crippen LogP contribution in [0.1, 0.15) is 12.7 Å². The molecule has 5 heteroatoms. The molecule has 84 valence electrons. The quantitative estimate of drug-likeness (QED) is 0.829. The van der Waals surface area contributed by atoms with E-state index in [9.17, 15) is 0 Å². The molecule has 4 nitrogen and oxygen atoms in total. The van der Waals surface area contributed by atoms with Crippen LogP contribution in [0.3, 0.4) is 0 Å². The second kappa shape index (κ2) is 4.17. The van der Waals surface area contributed by atoms with E-state index >= 15 is 0 Å². The summed E-state index contributed by atoms with van der Waals surface area (Å²) in [6.45, 7) is 2.00. The van der Waals surface area contributed by atoms with Gasteiger partial charge in [-0.2, -0.15) is 0 Å². The van der Waals surface area contributed by atoms with Gasteiger partial charge in [0.15, 0.2) is 5.82 Å². The van der Waals surface area contributed by atoms with Gasteiger partial charge in [-0.1, -0.05) is 35.0 Å². The maximum atomic E-state index is 5.92. The van der Waals surface area contributed by atoms with Gasteiger partial charge in [0.05, 0.1) is 0 Å². The van der Waals surface area contributed by atoms with Crippen LogP contribution in [0.15, 0.2) is 28.7 Å². The molecule has 0 spiro atoms. The third-order valence-electron chi connectivity index (χ3n) is 2.44. The highest BCUT2D eigenvalue weighted by Crippen LogP contribution is 2.27. The van der Waals surface area contributed by atoms with E-state index in [0.29, 0.717) is 5.82 Å². The van der Waals surface area contributed by atoms with Crippen LogP contribution in [0.5, 0.6) is 0 Å². The van der Waals surface area contributed by atoms with Gasteiger partial charge in [-0.15, -0.1) is 0 Å². The molecule has 0 atom stereocenters. The number of halogens is 1. The summed E-state index contributed by atoms with van der Waals surface area (Å²) in [4.78, 5) is 4.43. The maximum Gasteiger partial charge on any atom is 0.150 e. The van der Waals surface area contributed by atoms with Crippen molar-refractivity contribution in [3.05, 3.63) is 34.6 Å². The van der Waals surface area contributed by atoms with Crippen molar-refractivity contribution in [2.45, 2.75) is 13.3 Å². The Morgan fingerprint density at radius 2 is 2.19 bits per heavy atom. The van der Waals surface area contributed by atoms with Gasteiger partial charge in [-0.05, 0) is 12.1 Å². The van der Waals surface area contributed by atoms with Crippen molar-refractivity contribution >= 4 is 21.7 Å². The highest BCUT2D eigenvalue weighted by atomic mass is 79.9. The van der Waals surface area contributed by atoms with Crippen LogP contribution < -0.4 is 11.6 Å². The summed E-state index contributed by atoms with van der Waals surface area (Å²) < 4.78 is 2.44. The Kier molecular flexibility index (Phi) is 2.87. The van der Waals surface area contributed by atoms with Crippen LogP contribution in [0, 0.1) is 0 Å². The first-order valence-corrected chi connectivity index (χ1v) is 5.81. The fourth-order valence-electron chi connectivity index (χ4n) is 1.59. The number of aromatic nitrogens is 2. The number of imidazole rings is 1. The molecule has 1 aromatic heterocycles. The Balaban J connectivity index is 2.56. The Morgan fingerprint density at radius 1 is 1.44 bits per heavy atom. The van der Waals surface area contributed by atoms with Gasteiger partial charge < -0.3 is 11.6 Å². The van der Waals surface area contributed by atoms with E-state index in [1.807, 2.05) is 31.2 Å². The SMILES string of the molecule is CCc1nc(-c2cccc(Br)c2)c(N)n1N. The average Bonchev–Trinajstić information content (AvgIpc) is 2.56. The minimum atomic E-state index is 0.495. The van der Waals surface area contributed by atoms with Gasteiger partial charge in [0, 0.05) is 16.5 Å². The molecular weight excluding hydrogens is 268 g/mol. The lowest BCUT2D eigenvalue weighted by atomic mass is 10.1. The molecule has 0 aliphatic rings. The molecule has 0 unspecified atom stereocenters. The molecule has 0 aliphatic carbocycles. The van der Waals surface area contributed by atoms with Crippen molar-refractivity contribution < 1.29 is 0 Å². The zero-order valence-electron chi connectivity index (χ0n) is 8.94. The molecule has 2 rings (SSSR count). The van der Waals surface area contributed by atoms with E-state index in [0.717, 1.165) is 28.0 Å². The Hall–Kier alpha value is -1.49. The van der Waals surface area contributed by atoms with Gasteiger partial charge in [-0.25, -0.2) is 9.66 Å². The Morgan fingerprint density at radius 3 is 2.75 bits per heavy atom. The van der Waals surface area contributed by atoms with Crippen LogP contribution in [-0.4, -0.2) is 9.66 Å². The molecule has 1 heterocycles. The first kappa shape index (κ1) is 11.0. The minimum absolute atomic E-state index is 0.495. The second-order valence-corrected chi connectivity index (χ2v) is 4.41. The number of nitrogens with zero attached hydrogens (tertiary/aromatic N) is 2. The van der Waals surface area contributed by atoms with Crippen LogP contribution in [0.4, 0.5) is 5.82 Å². The van der Waals surface area contributed by atoms with Crippen molar-refractivity contribution in [2.24, 2.45) is 0 Å². The average molecular weight is 281 g/mol. The molecule has 0 saturated heterocycles. The molecule has 0 saturated carbocycles. The smallest absolute Gasteiger partial charge is 0.150 e. The zero-order chi connectivity index (χ0) is 11.7. The first-order chi connectivity index (χ1) is 7.63. The second-order valence-electron chi connectivity index (χ2n) is 3.50. The van der Waals surface area contributed by atoms with Gasteiger partial charge in [0.1, 0.15) is 11.5 Å². The molecule has 4 N–H and O–H groups in total. The lowest BCUT2D eigenvalue weighted by Gasteiger charge is -2.00. The van der Waals surface area contributed by atoms with Gasteiger partial charge in [0.2, 0.25) is 0 Å². The molecule has 1 aromatic carbocycles. The molecule has 0 aliphatic heterocycles. The molecular formula is C11H13BrN4. The maximum absolute atomic E-state index is 5.92. The van der Waals surface area contributed by atoms with E-state index in [1.165, 1.54) is 4.68 Å². The zero-order valence-corrected chi connectivity index (χ0v) is 10.5. The van der Waals surface area contributed by atoms with E-state index in [1.54, 1.807) is 0 Å². The Labute approximate surface area is 102 Å². The predicted molar refractivity (Wildman–Crippen MR) is 69.3 cm³/mol. The van der Waals surface area contributed by atoms with Crippen LogP contribution >= 0.6 is 15.9 Å². The number of nitrogen functional groups attached to an aromatic ring is 2. The molecule has 2 aromatic rings. The summed E-state index contributed by atoms with van der Waals surface area (Å²) in [5.74, 6) is 7.09. The molecule has 0 radical (unpaired) electrons. The van der Waals surface area contributed by atoms with E-state index in [2.05, 4.69) is 20.9 Å². The summed E-state index contributed by atoms with van der Waals surface area (Å²) in [6.07, 6.45) is 0.759. The number of aryl methyl sites for hydroxylation is 1. The van der Waals surface area contributed by atoms with Crippen molar-refractivity contribution in [1.29, 1.82) is 0 Å². The van der Waals surface area contributed by atoms with E-state index in [4.69, 9.17) is 11.6 Å². The molecule has 0 amide bonds.